The van der Waals surface area contributed by atoms with Gasteiger partial charge in [-0.25, -0.2) is 0 Å². The SMILES string of the molecule is CNC(Cc1cccc(C)c1)c1cc(Br)ccc1Cl. The summed E-state index contributed by atoms with van der Waals surface area (Å²) < 4.78 is 1.05. The molecule has 0 aliphatic carbocycles. The summed E-state index contributed by atoms with van der Waals surface area (Å²) in [5.41, 5.74) is 3.73. The van der Waals surface area contributed by atoms with Crippen LogP contribution in [0.15, 0.2) is 46.9 Å². The van der Waals surface area contributed by atoms with Crippen LogP contribution in [0.3, 0.4) is 0 Å². The fourth-order valence-electron chi connectivity index (χ4n) is 2.22. The number of aryl methyl sites for hydroxylation is 1. The van der Waals surface area contributed by atoms with Gasteiger partial charge in [-0.05, 0) is 49.7 Å². The highest BCUT2D eigenvalue weighted by Gasteiger charge is 2.14. The zero-order chi connectivity index (χ0) is 13.8. The summed E-state index contributed by atoms with van der Waals surface area (Å²) in [6.07, 6.45) is 0.925. The minimum Gasteiger partial charge on any atom is -0.313 e. The second-order valence-electron chi connectivity index (χ2n) is 4.70. The van der Waals surface area contributed by atoms with Crippen molar-refractivity contribution >= 4 is 27.5 Å². The van der Waals surface area contributed by atoms with Crippen molar-refractivity contribution in [2.45, 2.75) is 19.4 Å². The third-order valence-corrected chi connectivity index (χ3v) is 4.04. The molecule has 100 valence electrons. The standard InChI is InChI=1S/C16H17BrClN/c1-11-4-3-5-12(8-11)9-16(19-2)14-10-13(17)6-7-15(14)18/h3-8,10,16,19H,9H2,1-2H3. The first-order chi connectivity index (χ1) is 9.10. The average Bonchev–Trinajstić information content (AvgIpc) is 2.39. The van der Waals surface area contributed by atoms with Crippen molar-refractivity contribution in [3.63, 3.8) is 0 Å². The first-order valence-corrected chi connectivity index (χ1v) is 7.45. The Balaban J connectivity index is 2.27. The zero-order valence-corrected chi connectivity index (χ0v) is 13.4. The molecular weight excluding hydrogens is 322 g/mol. The lowest BCUT2D eigenvalue weighted by atomic mass is 9.98. The number of halogens is 2. The fourth-order valence-corrected chi connectivity index (χ4v) is 2.85. The predicted octanol–water partition coefficient (Wildman–Crippen LogP) is 4.91. The molecule has 0 aromatic heterocycles. The Kier molecular flexibility index (Phi) is 5.03. The van der Waals surface area contributed by atoms with Crippen LogP contribution >= 0.6 is 27.5 Å². The Morgan fingerprint density at radius 3 is 2.68 bits per heavy atom. The Morgan fingerprint density at radius 2 is 2.00 bits per heavy atom. The minimum atomic E-state index is 0.215. The molecule has 0 radical (unpaired) electrons. The van der Waals surface area contributed by atoms with Crippen LogP contribution in [0.4, 0.5) is 0 Å². The van der Waals surface area contributed by atoms with Gasteiger partial charge in [-0.3, -0.25) is 0 Å². The second kappa shape index (κ2) is 6.56. The van der Waals surface area contributed by atoms with E-state index >= 15 is 0 Å². The zero-order valence-electron chi connectivity index (χ0n) is 11.1. The van der Waals surface area contributed by atoms with Crippen LogP contribution < -0.4 is 5.32 Å². The highest BCUT2D eigenvalue weighted by Crippen LogP contribution is 2.28. The quantitative estimate of drug-likeness (QED) is 0.835. The third kappa shape index (κ3) is 3.82. The lowest BCUT2D eigenvalue weighted by molar-refractivity contribution is 0.592. The summed E-state index contributed by atoms with van der Waals surface area (Å²) in [4.78, 5) is 0. The van der Waals surface area contributed by atoms with Crippen molar-refractivity contribution in [3.05, 3.63) is 68.7 Å². The van der Waals surface area contributed by atoms with Crippen LogP contribution in [0.5, 0.6) is 0 Å². The van der Waals surface area contributed by atoms with Gasteiger partial charge in [0.25, 0.3) is 0 Å². The summed E-state index contributed by atoms with van der Waals surface area (Å²) in [6.45, 7) is 2.12. The molecule has 0 spiro atoms. The molecular formula is C16H17BrClN. The van der Waals surface area contributed by atoms with Gasteiger partial charge in [-0.15, -0.1) is 0 Å². The summed E-state index contributed by atoms with van der Waals surface area (Å²) in [6, 6.07) is 14.8. The number of rotatable bonds is 4. The molecule has 0 aliphatic heterocycles. The summed E-state index contributed by atoms with van der Waals surface area (Å²) >= 11 is 9.81. The number of nitrogens with one attached hydrogen (secondary N) is 1. The van der Waals surface area contributed by atoms with Gasteiger partial charge in [0.15, 0.2) is 0 Å². The van der Waals surface area contributed by atoms with Crippen LogP contribution in [-0.2, 0) is 6.42 Å². The van der Waals surface area contributed by atoms with Gasteiger partial charge in [0, 0.05) is 15.5 Å². The second-order valence-corrected chi connectivity index (χ2v) is 6.02. The molecule has 1 unspecified atom stereocenters. The third-order valence-electron chi connectivity index (χ3n) is 3.20. The van der Waals surface area contributed by atoms with Crippen LogP contribution in [-0.4, -0.2) is 7.05 Å². The average molecular weight is 339 g/mol. The molecule has 2 aromatic rings. The molecule has 0 heterocycles. The molecule has 19 heavy (non-hydrogen) atoms. The van der Waals surface area contributed by atoms with Crippen molar-refractivity contribution in [1.29, 1.82) is 0 Å². The Bertz CT molecular complexity index is 568. The maximum Gasteiger partial charge on any atom is 0.0454 e. The molecule has 2 rings (SSSR count). The van der Waals surface area contributed by atoms with Crippen LogP contribution in [0.25, 0.3) is 0 Å². The topological polar surface area (TPSA) is 12.0 Å². The van der Waals surface area contributed by atoms with E-state index in [1.165, 1.54) is 11.1 Å². The van der Waals surface area contributed by atoms with Gasteiger partial charge in [0.1, 0.15) is 0 Å². The molecule has 2 aromatic carbocycles. The van der Waals surface area contributed by atoms with Gasteiger partial charge in [0.05, 0.1) is 0 Å². The van der Waals surface area contributed by atoms with E-state index in [-0.39, 0.29) is 6.04 Å². The van der Waals surface area contributed by atoms with E-state index in [0.717, 1.165) is 21.5 Å². The van der Waals surface area contributed by atoms with E-state index in [9.17, 15) is 0 Å². The number of hydrogen-bond acceptors (Lipinski definition) is 1. The predicted molar refractivity (Wildman–Crippen MR) is 85.8 cm³/mol. The lowest BCUT2D eigenvalue weighted by Gasteiger charge is -2.19. The molecule has 0 aliphatic rings. The first kappa shape index (κ1) is 14.6. The van der Waals surface area contributed by atoms with E-state index in [2.05, 4.69) is 58.5 Å². The van der Waals surface area contributed by atoms with E-state index < -0.39 is 0 Å². The number of benzene rings is 2. The minimum absolute atomic E-state index is 0.215. The van der Waals surface area contributed by atoms with Crippen molar-refractivity contribution < 1.29 is 0 Å². The lowest BCUT2D eigenvalue weighted by Crippen LogP contribution is -2.19. The number of likely N-dealkylation sites (N-methyl/N-ethyl adjacent to an activating group) is 1. The van der Waals surface area contributed by atoms with Gasteiger partial charge in [0.2, 0.25) is 0 Å². The highest BCUT2D eigenvalue weighted by molar-refractivity contribution is 9.10. The van der Waals surface area contributed by atoms with E-state index in [1.54, 1.807) is 0 Å². The molecule has 0 saturated carbocycles. The Hall–Kier alpha value is -0.830. The molecule has 1 N–H and O–H groups in total. The Morgan fingerprint density at radius 1 is 1.21 bits per heavy atom. The Labute approximate surface area is 128 Å². The van der Waals surface area contributed by atoms with Crippen LogP contribution in [0.2, 0.25) is 5.02 Å². The molecule has 0 bridgehead atoms. The first-order valence-electron chi connectivity index (χ1n) is 6.28. The fraction of sp³-hybridized carbons (Fsp3) is 0.250. The summed E-state index contributed by atoms with van der Waals surface area (Å²) in [5.74, 6) is 0. The van der Waals surface area contributed by atoms with Gasteiger partial charge in [-0.2, -0.15) is 0 Å². The van der Waals surface area contributed by atoms with E-state index in [0.29, 0.717) is 0 Å². The van der Waals surface area contributed by atoms with Crippen molar-refractivity contribution in [1.82, 2.24) is 5.32 Å². The largest absolute Gasteiger partial charge is 0.313 e. The monoisotopic (exact) mass is 337 g/mol. The van der Waals surface area contributed by atoms with Gasteiger partial charge in [-0.1, -0.05) is 57.4 Å². The molecule has 1 atom stereocenters. The molecule has 1 nitrogen and oxygen atoms in total. The van der Waals surface area contributed by atoms with Crippen molar-refractivity contribution in [2.24, 2.45) is 0 Å². The number of hydrogen-bond donors (Lipinski definition) is 1. The molecule has 3 heteroatoms. The van der Waals surface area contributed by atoms with E-state index in [1.807, 2.05) is 19.2 Å². The molecule has 0 fully saturated rings. The molecule has 0 saturated heterocycles. The maximum atomic E-state index is 6.31. The highest BCUT2D eigenvalue weighted by atomic mass is 79.9. The van der Waals surface area contributed by atoms with Gasteiger partial charge < -0.3 is 5.32 Å². The van der Waals surface area contributed by atoms with Crippen molar-refractivity contribution in [2.75, 3.05) is 7.05 Å². The summed E-state index contributed by atoms with van der Waals surface area (Å²) in [5, 5.41) is 4.15. The van der Waals surface area contributed by atoms with E-state index in [4.69, 9.17) is 11.6 Å². The normalized spacial score (nSPS) is 12.4. The maximum absolute atomic E-state index is 6.31. The summed E-state index contributed by atoms with van der Waals surface area (Å²) in [7, 11) is 1.97. The van der Waals surface area contributed by atoms with Crippen molar-refractivity contribution in [3.8, 4) is 0 Å². The molecule has 0 amide bonds. The smallest absolute Gasteiger partial charge is 0.0454 e. The van der Waals surface area contributed by atoms with Crippen LogP contribution in [0, 0.1) is 6.92 Å². The van der Waals surface area contributed by atoms with Crippen LogP contribution in [0.1, 0.15) is 22.7 Å². The van der Waals surface area contributed by atoms with Gasteiger partial charge >= 0.3 is 0 Å².